The van der Waals surface area contributed by atoms with Crippen molar-refractivity contribution in [3.8, 4) is 11.5 Å². The molecule has 2 aromatic rings. The van der Waals surface area contributed by atoms with E-state index in [1.54, 1.807) is 0 Å². The van der Waals surface area contributed by atoms with Crippen LogP contribution in [0.15, 0.2) is 42.5 Å². The minimum atomic E-state index is -0.0492. The van der Waals surface area contributed by atoms with Crippen LogP contribution < -0.4 is 20.1 Å². The van der Waals surface area contributed by atoms with Crippen molar-refractivity contribution in [1.82, 2.24) is 10.2 Å². The maximum absolute atomic E-state index is 12.8. The van der Waals surface area contributed by atoms with Crippen LogP contribution in [0.5, 0.6) is 11.5 Å². The largest absolute Gasteiger partial charge is 0.490 e. The lowest BCUT2D eigenvalue weighted by molar-refractivity contribution is -0.117. The fraction of sp³-hybridized carbons (Fsp3) is 0.440. The van der Waals surface area contributed by atoms with Gasteiger partial charge in [0.05, 0.1) is 19.8 Å². The highest BCUT2D eigenvalue weighted by Gasteiger charge is 2.30. The van der Waals surface area contributed by atoms with Gasteiger partial charge >= 0.3 is 0 Å². The molecule has 7 nitrogen and oxygen atoms in total. The van der Waals surface area contributed by atoms with E-state index in [1.807, 2.05) is 42.5 Å². The number of hydrogen-bond donors (Lipinski definition) is 2. The van der Waals surface area contributed by atoms with Crippen LogP contribution in [0.25, 0.3) is 0 Å². The Morgan fingerprint density at radius 2 is 1.69 bits per heavy atom. The quantitative estimate of drug-likeness (QED) is 0.665. The lowest BCUT2D eigenvalue weighted by Gasteiger charge is -2.22. The first-order valence-electron chi connectivity index (χ1n) is 11.5. The average Bonchev–Trinajstić information content (AvgIpc) is 3.68. The van der Waals surface area contributed by atoms with Gasteiger partial charge in [0.2, 0.25) is 5.91 Å². The van der Waals surface area contributed by atoms with Crippen molar-refractivity contribution in [2.75, 3.05) is 25.1 Å². The lowest BCUT2D eigenvalue weighted by Crippen LogP contribution is -2.34. The molecule has 32 heavy (non-hydrogen) atoms. The zero-order valence-electron chi connectivity index (χ0n) is 18.1. The van der Waals surface area contributed by atoms with Gasteiger partial charge in [0.15, 0.2) is 11.5 Å². The molecule has 2 N–H and O–H groups in total. The van der Waals surface area contributed by atoms with Crippen LogP contribution in [0, 0.1) is 0 Å². The molecule has 0 atom stereocenters. The van der Waals surface area contributed by atoms with Crippen molar-refractivity contribution >= 4 is 17.5 Å². The van der Waals surface area contributed by atoms with Crippen LogP contribution in [0.2, 0.25) is 0 Å². The number of nitrogens with one attached hydrogen (secondary N) is 2. The summed E-state index contributed by atoms with van der Waals surface area (Å²) in [6, 6.07) is 14.0. The third-order valence-corrected chi connectivity index (χ3v) is 5.96. The Balaban J connectivity index is 1.18. The molecular formula is C25H29N3O4. The molecule has 2 saturated carbocycles. The highest BCUT2D eigenvalue weighted by Crippen LogP contribution is 2.32. The van der Waals surface area contributed by atoms with E-state index in [4.69, 9.17) is 9.47 Å². The predicted octanol–water partition coefficient (Wildman–Crippen LogP) is 3.34. The number of ether oxygens (including phenoxy) is 2. The van der Waals surface area contributed by atoms with Gasteiger partial charge in [-0.2, -0.15) is 0 Å². The fourth-order valence-electron chi connectivity index (χ4n) is 3.87. The van der Waals surface area contributed by atoms with Gasteiger partial charge in [0.1, 0.15) is 0 Å². The Morgan fingerprint density at radius 3 is 2.41 bits per heavy atom. The van der Waals surface area contributed by atoms with Crippen molar-refractivity contribution in [3.05, 3.63) is 53.6 Å². The molecule has 2 fully saturated rings. The van der Waals surface area contributed by atoms with E-state index in [1.165, 1.54) is 0 Å². The molecule has 0 saturated heterocycles. The molecule has 2 amide bonds. The molecule has 0 spiro atoms. The van der Waals surface area contributed by atoms with Gasteiger partial charge in [-0.1, -0.05) is 12.1 Å². The molecule has 0 bridgehead atoms. The summed E-state index contributed by atoms with van der Waals surface area (Å²) in [5.41, 5.74) is 2.50. The van der Waals surface area contributed by atoms with Crippen LogP contribution in [-0.4, -0.2) is 48.6 Å². The van der Waals surface area contributed by atoms with Gasteiger partial charge in [0, 0.05) is 42.4 Å². The first-order valence-corrected chi connectivity index (χ1v) is 11.5. The number of fused-ring (bicyclic) bond motifs is 1. The topological polar surface area (TPSA) is 79.9 Å². The summed E-state index contributed by atoms with van der Waals surface area (Å²) in [7, 11) is 0. The van der Waals surface area contributed by atoms with E-state index >= 15 is 0 Å². The van der Waals surface area contributed by atoms with E-state index < -0.39 is 0 Å². The third kappa shape index (κ3) is 5.40. The van der Waals surface area contributed by atoms with Crippen LogP contribution >= 0.6 is 0 Å². The number of benzene rings is 2. The SMILES string of the molecule is O=C(CN(Cc1ccc(C(=O)NC2CC2)cc1)C1CC1)Nc1ccc2c(c1)OCCCO2. The summed E-state index contributed by atoms with van der Waals surface area (Å²) in [5.74, 6) is 1.33. The monoisotopic (exact) mass is 435 g/mol. The zero-order chi connectivity index (χ0) is 21.9. The normalized spacial score (nSPS) is 17.5. The summed E-state index contributed by atoms with van der Waals surface area (Å²) >= 11 is 0. The third-order valence-electron chi connectivity index (χ3n) is 5.96. The van der Waals surface area contributed by atoms with E-state index in [0.717, 1.165) is 43.4 Å². The summed E-state index contributed by atoms with van der Waals surface area (Å²) in [4.78, 5) is 27.1. The Kier molecular flexibility index (Phi) is 5.99. The predicted molar refractivity (Wildman–Crippen MR) is 121 cm³/mol. The molecule has 7 heteroatoms. The maximum Gasteiger partial charge on any atom is 0.251 e. The zero-order valence-corrected chi connectivity index (χ0v) is 18.1. The summed E-state index contributed by atoms with van der Waals surface area (Å²) < 4.78 is 11.4. The Labute approximate surface area is 188 Å². The highest BCUT2D eigenvalue weighted by atomic mass is 16.5. The molecule has 0 radical (unpaired) electrons. The van der Waals surface area contributed by atoms with Gasteiger partial charge < -0.3 is 20.1 Å². The van der Waals surface area contributed by atoms with Gasteiger partial charge in [-0.25, -0.2) is 0 Å². The summed E-state index contributed by atoms with van der Waals surface area (Å²) in [6.07, 6.45) is 5.22. The minimum absolute atomic E-state index is 0.00684. The second kappa shape index (κ2) is 9.20. The number of rotatable bonds is 8. The highest BCUT2D eigenvalue weighted by molar-refractivity contribution is 5.94. The molecular weight excluding hydrogens is 406 g/mol. The molecule has 3 aliphatic rings. The number of nitrogens with zero attached hydrogens (tertiary/aromatic N) is 1. The first-order chi connectivity index (χ1) is 15.6. The van der Waals surface area contributed by atoms with E-state index in [9.17, 15) is 9.59 Å². The van der Waals surface area contributed by atoms with Crippen molar-refractivity contribution in [3.63, 3.8) is 0 Å². The van der Waals surface area contributed by atoms with Crippen molar-refractivity contribution in [1.29, 1.82) is 0 Å². The number of hydrogen-bond acceptors (Lipinski definition) is 5. The second-order valence-electron chi connectivity index (χ2n) is 8.84. The van der Waals surface area contributed by atoms with Gasteiger partial charge in [-0.05, 0) is 55.5 Å². The van der Waals surface area contributed by atoms with Crippen LogP contribution in [0.3, 0.4) is 0 Å². The number of anilines is 1. The lowest BCUT2D eigenvalue weighted by atomic mass is 10.1. The molecule has 168 valence electrons. The standard InChI is InChI=1S/C25H29N3O4/c29-24(26-20-8-11-22-23(14-20)32-13-1-12-31-22)16-28(21-9-10-21)15-17-2-4-18(5-3-17)25(30)27-19-6-7-19/h2-5,8,11,14,19,21H,1,6-7,9-10,12-13,15-16H2,(H,26,29)(H,27,30). The summed E-state index contributed by atoms with van der Waals surface area (Å²) in [5, 5.41) is 6.00. The van der Waals surface area contributed by atoms with Gasteiger partial charge in [-0.3, -0.25) is 14.5 Å². The van der Waals surface area contributed by atoms with Crippen molar-refractivity contribution < 1.29 is 19.1 Å². The van der Waals surface area contributed by atoms with Crippen LogP contribution in [-0.2, 0) is 11.3 Å². The number of amides is 2. The Morgan fingerprint density at radius 1 is 0.938 bits per heavy atom. The average molecular weight is 436 g/mol. The smallest absolute Gasteiger partial charge is 0.251 e. The number of carbonyl (C=O) groups excluding carboxylic acids is 2. The van der Waals surface area contributed by atoms with E-state index in [0.29, 0.717) is 55.4 Å². The Bertz CT molecular complexity index is 983. The molecule has 2 aliphatic carbocycles. The van der Waals surface area contributed by atoms with E-state index in [2.05, 4.69) is 15.5 Å². The maximum atomic E-state index is 12.8. The molecule has 5 rings (SSSR count). The van der Waals surface area contributed by atoms with Gasteiger partial charge in [0.25, 0.3) is 5.91 Å². The molecule has 2 aromatic carbocycles. The molecule has 0 unspecified atom stereocenters. The minimum Gasteiger partial charge on any atom is -0.490 e. The van der Waals surface area contributed by atoms with Crippen molar-refractivity contribution in [2.45, 2.75) is 50.7 Å². The Hall–Kier alpha value is -3.06. The summed E-state index contributed by atoms with van der Waals surface area (Å²) in [6.45, 7) is 2.26. The van der Waals surface area contributed by atoms with Gasteiger partial charge in [-0.15, -0.1) is 0 Å². The van der Waals surface area contributed by atoms with Crippen molar-refractivity contribution in [2.24, 2.45) is 0 Å². The fourth-order valence-corrected chi connectivity index (χ4v) is 3.87. The molecule has 0 aromatic heterocycles. The van der Waals surface area contributed by atoms with Crippen LogP contribution in [0.1, 0.15) is 48.0 Å². The van der Waals surface area contributed by atoms with E-state index in [-0.39, 0.29) is 11.8 Å². The number of carbonyl (C=O) groups is 2. The molecule has 1 heterocycles. The molecule has 1 aliphatic heterocycles. The van der Waals surface area contributed by atoms with Crippen LogP contribution in [0.4, 0.5) is 5.69 Å². The second-order valence-corrected chi connectivity index (χ2v) is 8.84. The first kappa shape index (κ1) is 20.8.